The van der Waals surface area contributed by atoms with Crippen molar-refractivity contribution in [1.29, 1.82) is 0 Å². The molecule has 0 aromatic heterocycles. The van der Waals surface area contributed by atoms with Crippen molar-refractivity contribution in [1.82, 2.24) is 5.32 Å². The molecule has 5 heteroatoms. The molecule has 0 aliphatic rings. The van der Waals surface area contributed by atoms with Crippen molar-refractivity contribution in [3.05, 3.63) is 29.3 Å². The molecular weight excluding hydrogens is 246 g/mol. The molecule has 2 unspecified atom stereocenters. The summed E-state index contributed by atoms with van der Waals surface area (Å²) in [4.78, 5) is 10.7. The van der Waals surface area contributed by atoms with Crippen molar-refractivity contribution >= 4 is 5.91 Å². The average molecular weight is 267 g/mol. The summed E-state index contributed by atoms with van der Waals surface area (Å²) >= 11 is 0. The molecule has 0 radical (unpaired) electrons. The summed E-state index contributed by atoms with van der Waals surface area (Å²) in [6.07, 6.45) is -1.64. The first-order valence-corrected chi connectivity index (χ1v) is 6.20. The Morgan fingerprint density at radius 3 is 2.68 bits per heavy atom. The number of hydrogen-bond donors (Lipinski definition) is 3. The largest absolute Gasteiger partial charge is 0.496 e. The molecule has 0 saturated heterocycles. The van der Waals surface area contributed by atoms with Crippen LogP contribution in [0.2, 0.25) is 0 Å². The molecule has 2 atom stereocenters. The number of amides is 1. The summed E-state index contributed by atoms with van der Waals surface area (Å²) < 4.78 is 5.18. The topological polar surface area (TPSA) is 78.8 Å². The van der Waals surface area contributed by atoms with Crippen LogP contribution in [0, 0.1) is 6.92 Å². The number of benzene rings is 1. The van der Waals surface area contributed by atoms with E-state index >= 15 is 0 Å². The van der Waals surface area contributed by atoms with Crippen LogP contribution in [-0.2, 0) is 4.79 Å². The first-order valence-electron chi connectivity index (χ1n) is 6.20. The normalized spacial score (nSPS) is 13.7. The van der Waals surface area contributed by atoms with Crippen LogP contribution in [-0.4, -0.2) is 35.9 Å². The number of aliphatic hydroxyl groups excluding tert-OH is 2. The quantitative estimate of drug-likeness (QED) is 0.716. The Balaban J connectivity index is 2.65. The molecule has 1 rings (SSSR count). The first kappa shape index (κ1) is 15.5. The van der Waals surface area contributed by atoms with Crippen molar-refractivity contribution in [2.45, 2.75) is 32.5 Å². The molecule has 0 spiro atoms. The zero-order chi connectivity index (χ0) is 14.4. The van der Waals surface area contributed by atoms with Crippen molar-refractivity contribution in [3.8, 4) is 5.75 Å². The summed E-state index contributed by atoms with van der Waals surface area (Å²) in [5, 5.41) is 22.5. The molecule has 3 N–H and O–H groups in total. The number of rotatable bonds is 6. The van der Waals surface area contributed by atoms with Gasteiger partial charge in [-0.15, -0.1) is 0 Å². The molecule has 106 valence electrons. The number of methoxy groups -OCH3 is 1. The molecule has 0 bridgehead atoms. The van der Waals surface area contributed by atoms with Gasteiger partial charge < -0.3 is 20.3 Å². The predicted octanol–water partition coefficient (Wildman–Crippen LogP) is 0.924. The number of aryl methyl sites for hydroxylation is 1. The van der Waals surface area contributed by atoms with E-state index in [1.807, 2.05) is 13.0 Å². The van der Waals surface area contributed by atoms with Gasteiger partial charge in [-0.3, -0.25) is 4.79 Å². The number of carbonyl (C=O) groups excluding carboxylic acids is 1. The molecule has 1 aromatic carbocycles. The minimum Gasteiger partial charge on any atom is -0.496 e. The molecule has 0 saturated carbocycles. The summed E-state index contributed by atoms with van der Waals surface area (Å²) in [6.45, 7) is 3.65. The van der Waals surface area contributed by atoms with Crippen molar-refractivity contribution in [3.63, 3.8) is 0 Å². The second-order valence-corrected chi connectivity index (χ2v) is 4.51. The highest BCUT2D eigenvalue weighted by atomic mass is 16.5. The fourth-order valence-corrected chi connectivity index (χ4v) is 1.80. The van der Waals surface area contributed by atoms with Crippen LogP contribution in [0.4, 0.5) is 0 Å². The fourth-order valence-electron chi connectivity index (χ4n) is 1.80. The van der Waals surface area contributed by atoms with Crippen LogP contribution >= 0.6 is 0 Å². The van der Waals surface area contributed by atoms with Gasteiger partial charge in [0.25, 0.3) is 0 Å². The lowest BCUT2D eigenvalue weighted by molar-refractivity contribution is -0.119. The van der Waals surface area contributed by atoms with Crippen molar-refractivity contribution in [2.24, 2.45) is 0 Å². The molecule has 0 fully saturated rings. The molecule has 5 nitrogen and oxygen atoms in total. The fraction of sp³-hybridized carbons (Fsp3) is 0.500. The highest BCUT2D eigenvalue weighted by Gasteiger charge is 2.19. The molecule has 1 aromatic rings. The van der Waals surface area contributed by atoms with Gasteiger partial charge in [0, 0.05) is 13.5 Å². The van der Waals surface area contributed by atoms with Crippen LogP contribution in [0.5, 0.6) is 5.75 Å². The molecule has 19 heavy (non-hydrogen) atoms. The number of aliphatic hydroxyl groups is 2. The zero-order valence-corrected chi connectivity index (χ0v) is 11.5. The van der Waals surface area contributed by atoms with E-state index in [9.17, 15) is 15.0 Å². The summed E-state index contributed by atoms with van der Waals surface area (Å²) in [6, 6.07) is 5.30. The Labute approximate surface area is 113 Å². The summed E-state index contributed by atoms with van der Waals surface area (Å²) in [7, 11) is 1.56. The standard InChI is InChI=1S/C14H21NO4/c1-9-4-5-11(8-13(9)19-3)14(18)12(17)6-7-15-10(2)16/h4-5,8,12,14,17-18H,6-7H2,1-3H3,(H,15,16). The van der Waals surface area contributed by atoms with E-state index in [4.69, 9.17) is 4.74 Å². The van der Waals surface area contributed by atoms with Gasteiger partial charge >= 0.3 is 0 Å². The third kappa shape index (κ3) is 4.54. The molecular formula is C14H21NO4. The molecule has 1 amide bonds. The Hall–Kier alpha value is -1.59. The minimum absolute atomic E-state index is 0.154. The van der Waals surface area contributed by atoms with Crippen molar-refractivity contribution in [2.75, 3.05) is 13.7 Å². The van der Waals surface area contributed by atoms with Gasteiger partial charge in [-0.05, 0) is 30.5 Å². The van der Waals surface area contributed by atoms with Crippen LogP contribution in [0.1, 0.15) is 30.6 Å². The average Bonchev–Trinajstić information content (AvgIpc) is 2.38. The Kier molecular flexibility index (Phi) is 5.79. The van der Waals surface area contributed by atoms with E-state index in [1.54, 1.807) is 19.2 Å². The third-order valence-corrected chi connectivity index (χ3v) is 2.95. The van der Waals surface area contributed by atoms with Crippen LogP contribution in [0.25, 0.3) is 0 Å². The van der Waals surface area contributed by atoms with E-state index in [1.165, 1.54) is 6.92 Å². The maximum atomic E-state index is 10.7. The third-order valence-electron chi connectivity index (χ3n) is 2.95. The highest BCUT2D eigenvalue weighted by molar-refractivity contribution is 5.72. The van der Waals surface area contributed by atoms with E-state index < -0.39 is 12.2 Å². The summed E-state index contributed by atoms with van der Waals surface area (Å²) in [5.74, 6) is 0.518. The van der Waals surface area contributed by atoms with Gasteiger partial charge in [0.15, 0.2) is 0 Å². The van der Waals surface area contributed by atoms with Crippen molar-refractivity contribution < 1.29 is 19.7 Å². The van der Waals surface area contributed by atoms with Gasteiger partial charge in [0.2, 0.25) is 5.91 Å². The predicted molar refractivity (Wildman–Crippen MR) is 72.0 cm³/mol. The maximum absolute atomic E-state index is 10.7. The lowest BCUT2D eigenvalue weighted by Crippen LogP contribution is -2.27. The molecule has 0 aliphatic carbocycles. The maximum Gasteiger partial charge on any atom is 0.216 e. The number of nitrogens with one attached hydrogen (secondary N) is 1. The number of carbonyl (C=O) groups is 1. The van der Waals surface area contributed by atoms with Crippen LogP contribution in [0.15, 0.2) is 18.2 Å². The van der Waals surface area contributed by atoms with Crippen LogP contribution < -0.4 is 10.1 Å². The van der Waals surface area contributed by atoms with Gasteiger partial charge in [0.1, 0.15) is 11.9 Å². The van der Waals surface area contributed by atoms with Gasteiger partial charge in [-0.25, -0.2) is 0 Å². The Morgan fingerprint density at radius 1 is 1.42 bits per heavy atom. The summed E-state index contributed by atoms with van der Waals surface area (Å²) in [5.41, 5.74) is 1.56. The van der Waals surface area contributed by atoms with Crippen LogP contribution in [0.3, 0.4) is 0 Å². The highest BCUT2D eigenvalue weighted by Crippen LogP contribution is 2.25. The zero-order valence-electron chi connectivity index (χ0n) is 11.5. The monoisotopic (exact) mass is 267 g/mol. The number of ether oxygens (including phenoxy) is 1. The van der Waals surface area contributed by atoms with Gasteiger partial charge in [0.05, 0.1) is 13.2 Å². The van der Waals surface area contributed by atoms with Gasteiger partial charge in [-0.2, -0.15) is 0 Å². The number of hydrogen-bond acceptors (Lipinski definition) is 4. The molecule has 0 heterocycles. The van der Waals surface area contributed by atoms with E-state index in [0.29, 0.717) is 17.9 Å². The lowest BCUT2D eigenvalue weighted by atomic mass is 10.0. The SMILES string of the molecule is COc1cc(C(O)C(O)CCNC(C)=O)ccc1C. The second-order valence-electron chi connectivity index (χ2n) is 4.51. The van der Waals surface area contributed by atoms with E-state index in [2.05, 4.69) is 5.32 Å². The first-order chi connectivity index (χ1) is 8.95. The second kappa shape index (κ2) is 7.11. The van der Waals surface area contributed by atoms with Gasteiger partial charge in [-0.1, -0.05) is 12.1 Å². The lowest BCUT2D eigenvalue weighted by Gasteiger charge is -2.19. The minimum atomic E-state index is -0.997. The Bertz CT molecular complexity index is 433. The van der Waals surface area contributed by atoms with E-state index in [0.717, 1.165) is 5.56 Å². The molecule has 0 aliphatic heterocycles. The van der Waals surface area contributed by atoms with E-state index in [-0.39, 0.29) is 12.3 Å². The Morgan fingerprint density at radius 2 is 2.11 bits per heavy atom. The smallest absolute Gasteiger partial charge is 0.216 e.